The Bertz CT molecular complexity index is 168. The lowest BCUT2D eigenvalue weighted by atomic mass is 10.2. The molecular weight excluding hydrogens is 160 g/mol. The lowest BCUT2D eigenvalue weighted by molar-refractivity contribution is 1.36. The average Bonchev–Trinajstić information content (AvgIpc) is 2.05. The Balaban J connectivity index is 2.80. The molecule has 1 aromatic rings. The Morgan fingerprint density at radius 1 is 1.30 bits per heavy atom. The second-order valence-corrected chi connectivity index (χ2v) is 3.20. The Morgan fingerprint density at radius 3 is 2.30 bits per heavy atom. The van der Waals surface area contributed by atoms with E-state index in [1.54, 1.807) is 11.8 Å². The summed E-state index contributed by atoms with van der Waals surface area (Å²) < 4.78 is 0. The highest BCUT2D eigenvalue weighted by atomic mass is 32.2. The number of thiol groups is 1. The van der Waals surface area contributed by atoms with Crippen molar-refractivity contribution in [3.8, 4) is 0 Å². The summed E-state index contributed by atoms with van der Waals surface area (Å²) in [6.45, 7) is 0. The fourth-order valence-corrected chi connectivity index (χ4v) is 1.35. The van der Waals surface area contributed by atoms with E-state index >= 15 is 0 Å². The highest BCUT2D eigenvalue weighted by Gasteiger charge is 1.89. The standard InChI is InChI=1S/C8H10S2/c1-10-8-4-2-7(6-9)3-5-8/h2-5,9H,6H2,1H3. The number of rotatable bonds is 2. The van der Waals surface area contributed by atoms with Crippen molar-refractivity contribution in [3.05, 3.63) is 29.8 Å². The number of benzene rings is 1. The van der Waals surface area contributed by atoms with Gasteiger partial charge in [-0.05, 0) is 24.0 Å². The van der Waals surface area contributed by atoms with Crippen LogP contribution in [0.1, 0.15) is 5.56 Å². The van der Waals surface area contributed by atoms with Crippen LogP contribution in [0.4, 0.5) is 0 Å². The van der Waals surface area contributed by atoms with Crippen LogP contribution in [0.15, 0.2) is 29.2 Å². The molecule has 0 saturated heterocycles. The van der Waals surface area contributed by atoms with E-state index in [1.165, 1.54) is 10.5 Å². The molecule has 0 fully saturated rings. The van der Waals surface area contributed by atoms with Gasteiger partial charge in [0.2, 0.25) is 0 Å². The first-order valence-electron chi connectivity index (χ1n) is 3.10. The molecule has 0 bridgehead atoms. The van der Waals surface area contributed by atoms with Crippen LogP contribution >= 0.6 is 24.4 Å². The monoisotopic (exact) mass is 170 g/mol. The summed E-state index contributed by atoms with van der Waals surface area (Å²) in [5.41, 5.74) is 1.28. The minimum atomic E-state index is 0.828. The quantitative estimate of drug-likeness (QED) is 0.526. The smallest absolute Gasteiger partial charge is 0.0154 e. The molecule has 1 aromatic carbocycles. The zero-order chi connectivity index (χ0) is 7.40. The maximum Gasteiger partial charge on any atom is 0.0154 e. The summed E-state index contributed by atoms with van der Waals surface area (Å²) in [6.07, 6.45) is 2.08. The van der Waals surface area contributed by atoms with Gasteiger partial charge in [0.1, 0.15) is 0 Å². The van der Waals surface area contributed by atoms with Crippen LogP contribution in [0.5, 0.6) is 0 Å². The van der Waals surface area contributed by atoms with Gasteiger partial charge in [0.25, 0.3) is 0 Å². The third kappa shape index (κ3) is 1.96. The fourth-order valence-electron chi connectivity index (χ4n) is 0.731. The van der Waals surface area contributed by atoms with E-state index < -0.39 is 0 Å². The molecule has 0 heterocycles. The maximum atomic E-state index is 4.17. The van der Waals surface area contributed by atoms with Crippen molar-refractivity contribution in [2.45, 2.75) is 10.6 Å². The van der Waals surface area contributed by atoms with Crippen LogP contribution in [-0.4, -0.2) is 6.26 Å². The van der Waals surface area contributed by atoms with Gasteiger partial charge in [-0.25, -0.2) is 0 Å². The largest absolute Gasteiger partial charge is 0.175 e. The minimum absolute atomic E-state index is 0.828. The van der Waals surface area contributed by atoms with Gasteiger partial charge in [-0.2, -0.15) is 12.6 Å². The van der Waals surface area contributed by atoms with Gasteiger partial charge in [-0.15, -0.1) is 11.8 Å². The van der Waals surface area contributed by atoms with Gasteiger partial charge in [0.15, 0.2) is 0 Å². The van der Waals surface area contributed by atoms with E-state index in [4.69, 9.17) is 0 Å². The summed E-state index contributed by atoms with van der Waals surface area (Å²) in [5.74, 6) is 0.828. The molecule has 1 rings (SSSR count). The van der Waals surface area contributed by atoms with Crippen LogP contribution in [0.3, 0.4) is 0 Å². The molecule has 0 unspecified atom stereocenters. The molecule has 0 aliphatic heterocycles. The topological polar surface area (TPSA) is 0 Å². The minimum Gasteiger partial charge on any atom is -0.175 e. The van der Waals surface area contributed by atoms with Crippen molar-refractivity contribution in [2.75, 3.05) is 6.26 Å². The van der Waals surface area contributed by atoms with E-state index in [0.29, 0.717) is 0 Å². The predicted molar refractivity (Wildman–Crippen MR) is 50.9 cm³/mol. The average molecular weight is 170 g/mol. The van der Waals surface area contributed by atoms with Crippen molar-refractivity contribution < 1.29 is 0 Å². The molecular formula is C8H10S2. The van der Waals surface area contributed by atoms with Crippen LogP contribution < -0.4 is 0 Å². The first kappa shape index (κ1) is 8.02. The van der Waals surface area contributed by atoms with Gasteiger partial charge in [-0.1, -0.05) is 12.1 Å². The van der Waals surface area contributed by atoms with Crippen LogP contribution in [0.2, 0.25) is 0 Å². The summed E-state index contributed by atoms with van der Waals surface area (Å²) >= 11 is 5.93. The molecule has 10 heavy (non-hydrogen) atoms. The molecule has 54 valence electrons. The zero-order valence-corrected chi connectivity index (χ0v) is 7.58. The van der Waals surface area contributed by atoms with E-state index in [9.17, 15) is 0 Å². The number of hydrogen-bond donors (Lipinski definition) is 1. The second kappa shape index (κ2) is 3.94. The Kier molecular flexibility index (Phi) is 3.16. The van der Waals surface area contributed by atoms with Crippen molar-refractivity contribution >= 4 is 24.4 Å². The van der Waals surface area contributed by atoms with Crippen molar-refractivity contribution in [2.24, 2.45) is 0 Å². The SMILES string of the molecule is CSc1ccc(CS)cc1. The summed E-state index contributed by atoms with van der Waals surface area (Å²) in [7, 11) is 0. The molecule has 0 atom stereocenters. The van der Waals surface area contributed by atoms with Gasteiger partial charge in [-0.3, -0.25) is 0 Å². The van der Waals surface area contributed by atoms with E-state index in [1.807, 2.05) is 0 Å². The van der Waals surface area contributed by atoms with Crippen molar-refractivity contribution in [3.63, 3.8) is 0 Å². The number of hydrogen-bond acceptors (Lipinski definition) is 2. The summed E-state index contributed by atoms with van der Waals surface area (Å²) in [6, 6.07) is 8.46. The van der Waals surface area contributed by atoms with E-state index in [-0.39, 0.29) is 0 Å². The molecule has 0 saturated carbocycles. The maximum absolute atomic E-state index is 4.17. The number of thioether (sulfide) groups is 1. The highest BCUT2D eigenvalue weighted by molar-refractivity contribution is 7.98. The molecule has 0 radical (unpaired) electrons. The van der Waals surface area contributed by atoms with Gasteiger partial charge >= 0.3 is 0 Å². The predicted octanol–water partition coefficient (Wildman–Crippen LogP) is 2.84. The van der Waals surface area contributed by atoms with Crippen LogP contribution in [-0.2, 0) is 5.75 Å². The van der Waals surface area contributed by atoms with Crippen LogP contribution in [0.25, 0.3) is 0 Å². The summed E-state index contributed by atoms with van der Waals surface area (Å²) in [5, 5.41) is 0. The second-order valence-electron chi connectivity index (χ2n) is 2.01. The Morgan fingerprint density at radius 2 is 1.90 bits per heavy atom. The molecule has 0 spiro atoms. The van der Waals surface area contributed by atoms with Gasteiger partial charge < -0.3 is 0 Å². The molecule has 2 heteroatoms. The zero-order valence-electron chi connectivity index (χ0n) is 5.87. The lowest BCUT2D eigenvalue weighted by Gasteiger charge is -1.96. The lowest BCUT2D eigenvalue weighted by Crippen LogP contribution is -1.75. The first-order valence-corrected chi connectivity index (χ1v) is 4.96. The Labute approximate surface area is 71.4 Å². The molecule has 0 aliphatic carbocycles. The normalized spacial score (nSPS) is 9.80. The van der Waals surface area contributed by atoms with E-state index in [2.05, 4.69) is 43.2 Å². The van der Waals surface area contributed by atoms with Crippen molar-refractivity contribution in [1.82, 2.24) is 0 Å². The molecule has 0 aliphatic rings. The first-order chi connectivity index (χ1) is 4.86. The highest BCUT2D eigenvalue weighted by Crippen LogP contribution is 2.15. The van der Waals surface area contributed by atoms with Gasteiger partial charge in [0.05, 0.1) is 0 Å². The van der Waals surface area contributed by atoms with Crippen molar-refractivity contribution in [1.29, 1.82) is 0 Å². The van der Waals surface area contributed by atoms with E-state index in [0.717, 1.165) is 5.75 Å². The summed E-state index contributed by atoms with van der Waals surface area (Å²) in [4.78, 5) is 1.31. The third-order valence-corrected chi connectivity index (χ3v) is 2.45. The van der Waals surface area contributed by atoms with Gasteiger partial charge in [0, 0.05) is 10.6 Å². The molecule has 0 amide bonds. The fraction of sp³-hybridized carbons (Fsp3) is 0.250. The Hall–Kier alpha value is -0.0800. The van der Waals surface area contributed by atoms with Crippen LogP contribution in [0, 0.1) is 0 Å². The molecule has 0 N–H and O–H groups in total. The third-order valence-electron chi connectivity index (χ3n) is 1.34. The molecule has 0 nitrogen and oxygen atoms in total. The molecule has 0 aromatic heterocycles.